The van der Waals surface area contributed by atoms with Gasteiger partial charge in [0.25, 0.3) is 0 Å². The number of benzene rings is 1. The largest absolute Gasteiger partial charge is 0.256 e. The summed E-state index contributed by atoms with van der Waals surface area (Å²) in [5, 5.41) is 1.18. The molecule has 1 aromatic carbocycles. The number of aromatic nitrogens is 1. The van der Waals surface area contributed by atoms with Crippen LogP contribution in [0.4, 0.5) is 0 Å². The zero-order chi connectivity index (χ0) is 11.4. The lowest BCUT2D eigenvalue weighted by atomic mass is 10.1. The molecule has 0 atom stereocenters. The van der Waals surface area contributed by atoms with Crippen LogP contribution in [0.25, 0.3) is 17.0 Å². The normalized spacial score (nSPS) is 12.0. The second kappa shape index (κ2) is 5.13. The van der Waals surface area contributed by atoms with E-state index in [1.54, 1.807) is 0 Å². The average molecular weight is 232 g/mol. The molecule has 1 heterocycles. The first-order valence-corrected chi connectivity index (χ1v) is 5.97. The highest BCUT2D eigenvalue weighted by molar-refractivity contribution is 6.19. The van der Waals surface area contributed by atoms with Crippen molar-refractivity contribution in [3.05, 3.63) is 47.7 Å². The number of alkyl halides is 1. The van der Waals surface area contributed by atoms with E-state index < -0.39 is 0 Å². The second-order valence-electron chi connectivity index (χ2n) is 3.71. The number of fused-ring (bicyclic) bond motifs is 1. The lowest BCUT2D eigenvalue weighted by Crippen LogP contribution is -1.86. The second-order valence-corrected chi connectivity index (χ2v) is 3.97. The molecule has 1 nitrogen and oxygen atoms in total. The van der Waals surface area contributed by atoms with Crippen LogP contribution in [0.2, 0.25) is 0 Å². The van der Waals surface area contributed by atoms with Gasteiger partial charge in [0.2, 0.25) is 0 Å². The highest BCUT2D eigenvalue weighted by atomic mass is 35.5. The van der Waals surface area contributed by atoms with Crippen molar-refractivity contribution in [2.45, 2.75) is 13.3 Å². The molecule has 0 aliphatic heterocycles. The molecule has 0 N–H and O–H groups in total. The summed E-state index contributed by atoms with van der Waals surface area (Å²) in [6.45, 7) is 2.12. The summed E-state index contributed by atoms with van der Waals surface area (Å²) >= 11 is 5.88. The van der Waals surface area contributed by atoms with Gasteiger partial charge < -0.3 is 0 Å². The summed E-state index contributed by atoms with van der Waals surface area (Å²) in [5.41, 5.74) is 3.47. The predicted molar refractivity (Wildman–Crippen MR) is 70.7 cm³/mol. The van der Waals surface area contributed by atoms with Gasteiger partial charge in [-0.2, -0.15) is 0 Å². The van der Waals surface area contributed by atoms with Gasteiger partial charge in [-0.25, -0.2) is 0 Å². The number of pyridine rings is 1. The molecule has 16 heavy (non-hydrogen) atoms. The molecule has 0 saturated heterocycles. The van der Waals surface area contributed by atoms with Gasteiger partial charge in [-0.05, 0) is 24.1 Å². The molecule has 0 aliphatic rings. The molecule has 0 saturated carbocycles. The van der Waals surface area contributed by atoms with Crippen molar-refractivity contribution in [1.82, 2.24) is 4.98 Å². The van der Waals surface area contributed by atoms with Crippen LogP contribution in [0.5, 0.6) is 0 Å². The highest BCUT2D eigenvalue weighted by Crippen LogP contribution is 2.20. The molecule has 0 unspecified atom stereocenters. The monoisotopic (exact) mass is 231 g/mol. The van der Waals surface area contributed by atoms with Crippen LogP contribution in [0, 0.1) is 0 Å². The van der Waals surface area contributed by atoms with Gasteiger partial charge in [-0.3, -0.25) is 4.98 Å². The highest BCUT2D eigenvalue weighted by Gasteiger charge is 1.99. The van der Waals surface area contributed by atoms with Crippen LogP contribution in [-0.4, -0.2) is 10.9 Å². The van der Waals surface area contributed by atoms with E-state index in [0.29, 0.717) is 5.88 Å². The molecule has 0 amide bonds. The number of hydrogen-bond donors (Lipinski definition) is 0. The maximum Gasteiger partial charge on any atom is 0.0707 e. The maximum absolute atomic E-state index is 5.88. The molecule has 0 fully saturated rings. The smallest absolute Gasteiger partial charge is 0.0707 e. The first kappa shape index (κ1) is 11.2. The molecule has 2 aromatic rings. The van der Waals surface area contributed by atoms with Gasteiger partial charge >= 0.3 is 0 Å². The number of allylic oxidation sites excluding steroid dienone is 1. The van der Waals surface area contributed by atoms with Crippen LogP contribution in [0.1, 0.15) is 18.9 Å². The van der Waals surface area contributed by atoms with Gasteiger partial charge in [-0.1, -0.05) is 36.8 Å². The molecule has 1 aromatic heterocycles. The van der Waals surface area contributed by atoms with Crippen molar-refractivity contribution in [3.63, 3.8) is 0 Å². The predicted octanol–water partition coefficient (Wildman–Crippen LogP) is 4.27. The summed E-state index contributed by atoms with van der Waals surface area (Å²) in [6.07, 6.45) is 4.99. The fourth-order valence-electron chi connectivity index (χ4n) is 1.70. The summed E-state index contributed by atoms with van der Waals surface area (Å²) in [6, 6.07) is 10.2. The number of halogens is 1. The maximum atomic E-state index is 5.88. The van der Waals surface area contributed by atoms with Gasteiger partial charge in [0.1, 0.15) is 0 Å². The van der Waals surface area contributed by atoms with Crippen molar-refractivity contribution >= 4 is 28.6 Å². The molecule has 2 heteroatoms. The van der Waals surface area contributed by atoms with E-state index in [-0.39, 0.29) is 0 Å². The molecule has 82 valence electrons. The molecule has 0 spiro atoms. The Kier molecular flexibility index (Phi) is 3.58. The Balaban J connectivity index is 2.56. The number of hydrogen-bond acceptors (Lipinski definition) is 1. The van der Waals surface area contributed by atoms with E-state index in [1.165, 1.54) is 16.5 Å². The molecular weight excluding hydrogens is 218 g/mol. The topological polar surface area (TPSA) is 12.9 Å². The zero-order valence-corrected chi connectivity index (χ0v) is 10.0. The van der Waals surface area contributed by atoms with Gasteiger partial charge in [0.05, 0.1) is 5.52 Å². The quantitative estimate of drug-likeness (QED) is 0.719. The van der Waals surface area contributed by atoms with Gasteiger partial charge in [0, 0.05) is 17.5 Å². The lowest BCUT2D eigenvalue weighted by molar-refractivity contribution is 1.12. The van der Waals surface area contributed by atoms with Crippen molar-refractivity contribution in [3.8, 4) is 0 Å². The Morgan fingerprint density at radius 2 is 2.12 bits per heavy atom. The van der Waals surface area contributed by atoms with Crippen LogP contribution in [-0.2, 0) is 0 Å². The Hall–Kier alpha value is -1.34. The van der Waals surface area contributed by atoms with Crippen LogP contribution >= 0.6 is 11.6 Å². The standard InChI is InChI=1S/C14H14ClN/c1-2-11(10-15)9-12-7-8-16-14-6-4-3-5-13(12)14/h3-9H,2,10H2,1H3. The number of nitrogens with zero attached hydrogens (tertiary/aromatic N) is 1. The van der Waals surface area contributed by atoms with Crippen molar-refractivity contribution in [2.75, 3.05) is 5.88 Å². The van der Waals surface area contributed by atoms with Crippen molar-refractivity contribution in [1.29, 1.82) is 0 Å². The minimum atomic E-state index is 0.590. The van der Waals surface area contributed by atoms with E-state index in [9.17, 15) is 0 Å². The van der Waals surface area contributed by atoms with E-state index in [0.717, 1.165) is 11.9 Å². The van der Waals surface area contributed by atoms with E-state index >= 15 is 0 Å². The fraction of sp³-hybridized carbons (Fsp3) is 0.214. The third kappa shape index (κ3) is 2.25. The Morgan fingerprint density at radius 1 is 1.31 bits per heavy atom. The Morgan fingerprint density at radius 3 is 2.88 bits per heavy atom. The molecule has 2 rings (SSSR count). The van der Waals surface area contributed by atoms with Crippen LogP contribution in [0.15, 0.2) is 42.1 Å². The van der Waals surface area contributed by atoms with E-state index in [1.807, 2.05) is 30.5 Å². The number of rotatable bonds is 3. The first-order valence-electron chi connectivity index (χ1n) is 5.44. The third-order valence-electron chi connectivity index (χ3n) is 2.67. The zero-order valence-electron chi connectivity index (χ0n) is 9.28. The minimum absolute atomic E-state index is 0.590. The van der Waals surface area contributed by atoms with Gasteiger partial charge in [0.15, 0.2) is 0 Å². The number of para-hydroxylation sites is 1. The third-order valence-corrected chi connectivity index (χ3v) is 3.01. The molecule has 0 aliphatic carbocycles. The lowest BCUT2D eigenvalue weighted by Gasteiger charge is -2.03. The van der Waals surface area contributed by atoms with Crippen molar-refractivity contribution in [2.24, 2.45) is 0 Å². The summed E-state index contributed by atoms with van der Waals surface area (Å²) in [7, 11) is 0. The molecule has 0 bridgehead atoms. The molecular formula is C14H14ClN. The van der Waals surface area contributed by atoms with Gasteiger partial charge in [-0.15, -0.1) is 11.6 Å². The summed E-state index contributed by atoms with van der Waals surface area (Å²) in [5.74, 6) is 0.590. The van der Waals surface area contributed by atoms with E-state index in [4.69, 9.17) is 11.6 Å². The summed E-state index contributed by atoms with van der Waals surface area (Å²) in [4.78, 5) is 4.34. The minimum Gasteiger partial charge on any atom is -0.256 e. The van der Waals surface area contributed by atoms with Crippen LogP contribution < -0.4 is 0 Å². The average Bonchev–Trinajstić information content (AvgIpc) is 2.36. The van der Waals surface area contributed by atoms with E-state index in [2.05, 4.69) is 24.1 Å². The summed E-state index contributed by atoms with van der Waals surface area (Å²) < 4.78 is 0. The fourth-order valence-corrected chi connectivity index (χ4v) is 1.97. The Bertz CT molecular complexity index is 506. The van der Waals surface area contributed by atoms with Crippen molar-refractivity contribution < 1.29 is 0 Å². The van der Waals surface area contributed by atoms with Crippen LogP contribution in [0.3, 0.4) is 0 Å². The SMILES string of the molecule is CCC(=Cc1ccnc2ccccc12)CCl. The molecule has 0 radical (unpaired) electrons. The Labute approximate surface area is 101 Å². The first-order chi connectivity index (χ1) is 7.85.